The summed E-state index contributed by atoms with van der Waals surface area (Å²) in [6, 6.07) is 8.36. The van der Waals surface area contributed by atoms with Crippen LogP contribution in [-0.4, -0.2) is 13.1 Å². The molecular weight excluding hydrogens is 266 g/mol. The second kappa shape index (κ2) is 8.69. The van der Waals surface area contributed by atoms with Crippen molar-refractivity contribution in [2.75, 3.05) is 13.1 Å². The molecule has 0 saturated heterocycles. The van der Waals surface area contributed by atoms with Crippen LogP contribution in [0.25, 0.3) is 0 Å². The van der Waals surface area contributed by atoms with Gasteiger partial charge >= 0.3 is 0 Å². The molecule has 2 heteroatoms. The first-order chi connectivity index (χ1) is 9.81. The molecule has 1 nitrogen and oxygen atoms in total. The monoisotopic (exact) mass is 293 g/mol. The van der Waals surface area contributed by atoms with Gasteiger partial charge in [0, 0.05) is 5.02 Å². The minimum absolute atomic E-state index is 0.793. The number of benzene rings is 1. The second-order valence-corrected chi connectivity index (χ2v) is 6.57. The van der Waals surface area contributed by atoms with E-state index in [1.54, 1.807) is 0 Å². The maximum atomic E-state index is 6.34. The zero-order valence-electron chi connectivity index (χ0n) is 12.7. The van der Waals surface area contributed by atoms with Crippen molar-refractivity contribution in [2.24, 2.45) is 11.8 Å². The minimum atomic E-state index is 0.793. The molecule has 0 amide bonds. The molecule has 2 rings (SSSR count). The topological polar surface area (TPSA) is 12.0 Å². The molecule has 2 atom stereocenters. The van der Waals surface area contributed by atoms with Crippen LogP contribution in [0.15, 0.2) is 24.3 Å². The lowest BCUT2D eigenvalue weighted by molar-refractivity contribution is 0.298. The lowest BCUT2D eigenvalue weighted by Crippen LogP contribution is -2.29. The third kappa shape index (κ3) is 4.79. The van der Waals surface area contributed by atoms with Crippen molar-refractivity contribution in [3.63, 3.8) is 0 Å². The van der Waals surface area contributed by atoms with Gasteiger partial charge in [-0.25, -0.2) is 0 Å². The van der Waals surface area contributed by atoms with Crippen molar-refractivity contribution < 1.29 is 0 Å². The van der Waals surface area contributed by atoms with Crippen molar-refractivity contribution in [2.45, 2.75) is 51.9 Å². The zero-order chi connectivity index (χ0) is 14.2. The summed E-state index contributed by atoms with van der Waals surface area (Å²) < 4.78 is 0. The summed E-state index contributed by atoms with van der Waals surface area (Å²) >= 11 is 6.34. The summed E-state index contributed by atoms with van der Waals surface area (Å²) in [4.78, 5) is 0. The summed E-state index contributed by atoms with van der Waals surface area (Å²) in [5.41, 5.74) is 1.33. The van der Waals surface area contributed by atoms with Crippen molar-refractivity contribution in [3.05, 3.63) is 34.9 Å². The Kier molecular flexibility index (Phi) is 6.89. The number of rotatable bonds is 6. The number of hydrogen-bond donors (Lipinski definition) is 1. The maximum absolute atomic E-state index is 6.34. The van der Waals surface area contributed by atoms with E-state index < -0.39 is 0 Å². The molecule has 1 saturated carbocycles. The van der Waals surface area contributed by atoms with E-state index in [1.165, 1.54) is 50.6 Å². The van der Waals surface area contributed by atoms with Gasteiger partial charge in [-0.05, 0) is 62.2 Å². The quantitative estimate of drug-likeness (QED) is 0.570. The van der Waals surface area contributed by atoms with Crippen LogP contribution < -0.4 is 5.32 Å². The van der Waals surface area contributed by atoms with E-state index in [0.29, 0.717) is 0 Å². The largest absolute Gasteiger partial charge is 0.316 e. The van der Waals surface area contributed by atoms with Crippen LogP contribution in [0, 0.1) is 11.8 Å². The maximum Gasteiger partial charge on any atom is 0.0438 e. The predicted molar refractivity (Wildman–Crippen MR) is 88.4 cm³/mol. The molecule has 1 aliphatic rings. The average molecular weight is 294 g/mol. The van der Waals surface area contributed by atoms with Gasteiger partial charge in [0.05, 0.1) is 0 Å². The highest BCUT2D eigenvalue weighted by Crippen LogP contribution is 2.32. The highest BCUT2D eigenvalue weighted by Gasteiger charge is 2.24. The van der Waals surface area contributed by atoms with Gasteiger partial charge in [-0.1, -0.05) is 56.0 Å². The van der Waals surface area contributed by atoms with Crippen LogP contribution in [0.5, 0.6) is 0 Å². The number of nitrogens with one attached hydrogen (secondary N) is 1. The molecule has 112 valence electrons. The normalized spacial score (nSPS) is 23.5. The van der Waals surface area contributed by atoms with Crippen LogP contribution in [0.4, 0.5) is 0 Å². The van der Waals surface area contributed by atoms with Gasteiger partial charge in [0.2, 0.25) is 0 Å². The van der Waals surface area contributed by atoms with Crippen molar-refractivity contribution in [1.29, 1.82) is 0 Å². The summed E-state index contributed by atoms with van der Waals surface area (Å²) in [7, 11) is 0. The molecule has 0 bridgehead atoms. The van der Waals surface area contributed by atoms with Crippen molar-refractivity contribution >= 4 is 11.6 Å². The number of halogens is 1. The molecule has 0 spiro atoms. The van der Waals surface area contributed by atoms with Crippen LogP contribution >= 0.6 is 11.6 Å². The molecule has 0 heterocycles. The lowest BCUT2D eigenvalue weighted by atomic mass is 9.83. The Morgan fingerprint density at radius 1 is 1.10 bits per heavy atom. The molecule has 1 fully saturated rings. The second-order valence-electron chi connectivity index (χ2n) is 6.16. The van der Waals surface area contributed by atoms with E-state index in [0.717, 1.165) is 29.8 Å². The summed E-state index contributed by atoms with van der Waals surface area (Å²) in [6.45, 7) is 4.57. The third-order valence-electron chi connectivity index (χ3n) is 4.59. The van der Waals surface area contributed by atoms with Gasteiger partial charge < -0.3 is 5.32 Å². The Hall–Kier alpha value is -0.530. The van der Waals surface area contributed by atoms with E-state index in [9.17, 15) is 0 Å². The Labute approximate surface area is 129 Å². The molecule has 0 radical (unpaired) electrons. The third-order valence-corrected chi connectivity index (χ3v) is 4.96. The van der Waals surface area contributed by atoms with Gasteiger partial charge in [0.25, 0.3) is 0 Å². The van der Waals surface area contributed by atoms with E-state index in [-0.39, 0.29) is 0 Å². The average Bonchev–Trinajstić information content (AvgIpc) is 2.67. The fourth-order valence-corrected chi connectivity index (χ4v) is 3.62. The molecule has 2 unspecified atom stereocenters. The summed E-state index contributed by atoms with van der Waals surface area (Å²) in [5.74, 6) is 1.61. The Morgan fingerprint density at radius 3 is 2.60 bits per heavy atom. The molecule has 20 heavy (non-hydrogen) atoms. The fraction of sp³-hybridized carbons (Fsp3) is 0.667. The van der Waals surface area contributed by atoms with Crippen LogP contribution in [0.2, 0.25) is 5.02 Å². The standard InChI is InChI=1S/C18H28ClN/c1-2-12-20-14-17-10-5-3-4-8-15(17)13-16-9-6-7-11-18(16)19/h6-7,9,11,15,17,20H,2-5,8,10,12-14H2,1H3. The Bertz CT molecular complexity index is 391. The smallest absolute Gasteiger partial charge is 0.0438 e. The van der Waals surface area contributed by atoms with Gasteiger partial charge in [-0.15, -0.1) is 0 Å². The van der Waals surface area contributed by atoms with E-state index in [1.807, 2.05) is 12.1 Å². The number of hydrogen-bond acceptors (Lipinski definition) is 1. The van der Waals surface area contributed by atoms with Crippen LogP contribution in [0.3, 0.4) is 0 Å². The van der Waals surface area contributed by atoms with Gasteiger partial charge in [0.1, 0.15) is 0 Å². The first kappa shape index (κ1) is 15.9. The first-order valence-corrected chi connectivity index (χ1v) is 8.63. The van der Waals surface area contributed by atoms with Gasteiger partial charge in [-0.3, -0.25) is 0 Å². The Morgan fingerprint density at radius 2 is 1.85 bits per heavy atom. The molecule has 1 N–H and O–H groups in total. The predicted octanol–water partition coefficient (Wildman–Crippen LogP) is 5.08. The van der Waals surface area contributed by atoms with Crippen LogP contribution in [-0.2, 0) is 6.42 Å². The highest BCUT2D eigenvalue weighted by molar-refractivity contribution is 6.31. The SMILES string of the molecule is CCCNCC1CCCCCC1Cc1ccccc1Cl. The molecule has 1 aliphatic carbocycles. The van der Waals surface area contributed by atoms with E-state index in [2.05, 4.69) is 24.4 Å². The molecule has 0 aliphatic heterocycles. The van der Waals surface area contributed by atoms with Crippen molar-refractivity contribution in [1.82, 2.24) is 5.32 Å². The molecule has 1 aromatic rings. The first-order valence-electron chi connectivity index (χ1n) is 8.25. The van der Waals surface area contributed by atoms with E-state index >= 15 is 0 Å². The lowest BCUT2D eigenvalue weighted by Gasteiger charge is -2.26. The highest BCUT2D eigenvalue weighted by atomic mass is 35.5. The van der Waals surface area contributed by atoms with Crippen molar-refractivity contribution in [3.8, 4) is 0 Å². The summed E-state index contributed by atoms with van der Waals surface area (Å²) in [5, 5.41) is 4.57. The van der Waals surface area contributed by atoms with Crippen LogP contribution in [0.1, 0.15) is 51.0 Å². The van der Waals surface area contributed by atoms with Gasteiger partial charge in [0.15, 0.2) is 0 Å². The fourth-order valence-electron chi connectivity index (χ4n) is 3.41. The molecule has 0 aromatic heterocycles. The minimum Gasteiger partial charge on any atom is -0.316 e. The Balaban J connectivity index is 1.98. The molecule has 1 aromatic carbocycles. The molecular formula is C18H28ClN. The van der Waals surface area contributed by atoms with Gasteiger partial charge in [-0.2, -0.15) is 0 Å². The summed E-state index contributed by atoms with van der Waals surface area (Å²) in [6.07, 6.45) is 9.32. The van der Waals surface area contributed by atoms with E-state index in [4.69, 9.17) is 11.6 Å². The zero-order valence-corrected chi connectivity index (χ0v) is 13.5.